The summed E-state index contributed by atoms with van der Waals surface area (Å²) in [5.74, 6) is 0.728. The Kier molecular flexibility index (Phi) is 4.51. The van der Waals surface area contributed by atoms with E-state index in [-0.39, 0.29) is 6.10 Å². The van der Waals surface area contributed by atoms with Gasteiger partial charge in [0.25, 0.3) is 0 Å². The number of nitriles is 1. The molecule has 1 aromatic heterocycles. The Morgan fingerprint density at radius 2 is 2.50 bits per heavy atom. The molecule has 1 aliphatic heterocycles. The van der Waals surface area contributed by atoms with Crippen LogP contribution in [0.4, 0.5) is 5.82 Å². The zero-order chi connectivity index (χ0) is 12.8. The van der Waals surface area contributed by atoms with Gasteiger partial charge in [-0.05, 0) is 18.7 Å². The lowest BCUT2D eigenvalue weighted by Crippen LogP contribution is -2.45. The van der Waals surface area contributed by atoms with E-state index in [0.29, 0.717) is 5.69 Å². The van der Waals surface area contributed by atoms with Crippen molar-refractivity contribution in [2.45, 2.75) is 13.0 Å². The number of hydrogen-bond acceptors (Lipinski definition) is 5. The van der Waals surface area contributed by atoms with Crippen LogP contribution in [0.5, 0.6) is 0 Å². The fraction of sp³-hybridized carbons (Fsp3) is 0.538. The van der Waals surface area contributed by atoms with Gasteiger partial charge in [0.2, 0.25) is 0 Å². The molecule has 5 nitrogen and oxygen atoms in total. The van der Waals surface area contributed by atoms with Gasteiger partial charge in [-0.3, -0.25) is 4.90 Å². The van der Waals surface area contributed by atoms with Gasteiger partial charge in [-0.2, -0.15) is 5.26 Å². The molecular weight excluding hydrogens is 228 g/mol. The maximum absolute atomic E-state index is 8.77. The van der Waals surface area contributed by atoms with E-state index in [1.165, 1.54) is 0 Å². The van der Waals surface area contributed by atoms with Crippen LogP contribution in [0, 0.1) is 11.3 Å². The van der Waals surface area contributed by atoms with E-state index in [1.807, 2.05) is 18.2 Å². The molecule has 5 heteroatoms. The normalized spacial score (nSPS) is 20.3. The summed E-state index contributed by atoms with van der Waals surface area (Å²) in [6.45, 7) is 6.68. The number of anilines is 1. The van der Waals surface area contributed by atoms with Crippen LogP contribution in [0.2, 0.25) is 0 Å². The lowest BCUT2D eigenvalue weighted by Gasteiger charge is -2.32. The Bertz CT molecular complexity index is 429. The van der Waals surface area contributed by atoms with Crippen LogP contribution < -0.4 is 5.32 Å². The summed E-state index contributed by atoms with van der Waals surface area (Å²) < 4.78 is 5.69. The molecule has 0 amide bonds. The first-order valence-corrected chi connectivity index (χ1v) is 6.27. The second-order valence-electron chi connectivity index (χ2n) is 4.29. The van der Waals surface area contributed by atoms with E-state index in [9.17, 15) is 0 Å². The average molecular weight is 246 g/mol. The fourth-order valence-corrected chi connectivity index (χ4v) is 2.00. The van der Waals surface area contributed by atoms with Gasteiger partial charge in [0.1, 0.15) is 17.6 Å². The first kappa shape index (κ1) is 12.8. The number of aromatic nitrogens is 1. The minimum atomic E-state index is 0.186. The van der Waals surface area contributed by atoms with Crippen LogP contribution >= 0.6 is 0 Å². The van der Waals surface area contributed by atoms with Crippen molar-refractivity contribution in [1.29, 1.82) is 5.26 Å². The summed E-state index contributed by atoms with van der Waals surface area (Å²) in [6, 6.07) is 7.42. The van der Waals surface area contributed by atoms with Crippen molar-refractivity contribution in [3.8, 4) is 6.07 Å². The smallest absolute Gasteiger partial charge is 0.142 e. The predicted octanol–water partition coefficient (Wildman–Crippen LogP) is 1.09. The van der Waals surface area contributed by atoms with Gasteiger partial charge in [-0.25, -0.2) is 4.98 Å². The Balaban J connectivity index is 1.85. The molecule has 1 aliphatic rings. The summed E-state index contributed by atoms with van der Waals surface area (Å²) in [5.41, 5.74) is 0.430. The largest absolute Gasteiger partial charge is 0.374 e. The van der Waals surface area contributed by atoms with Crippen molar-refractivity contribution in [2.24, 2.45) is 0 Å². The Morgan fingerprint density at radius 1 is 1.61 bits per heavy atom. The van der Waals surface area contributed by atoms with E-state index in [4.69, 9.17) is 10.00 Å². The van der Waals surface area contributed by atoms with E-state index < -0.39 is 0 Å². The molecule has 0 bridgehead atoms. The fourth-order valence-electron chi connectivity index (χ4n) is 2.00. The SMILES string of the molecule is CCN1CCOC(CNc2cccc(C#N)n2)C1. The van der Waals surface area contributed by atoms with Gasteiger partial charge in [-0.1, -0.05) is 13.0 Å². The Hall–Kier alpha value is -1.64. The molecule has 1 aromatic rings. The average Bonchev–Trinajstić information content (AvgIpc) is 2.45. The van der Waals surface area contributed by atoms with Gasteiger partial charge in [0.05, 0.1) is 12.7 Å². The molecule has 1 atom stereocenters. The number of rotatable bonds is 4. The molecule has 1 N–H and O–H groups in total. The molecule has 0 aliphatic carbocycles. The van der Waals surface area contributed by atoms with Crippen molar-refractivity contribution in [3.05, 3.63) is 23.9 Å². The van der Waals surface area contributed by atoms with Crippen molar-refractivity contribution < 1.29 is 4.74 Å². The highest BCUT2D eigenvalue weighted by Gasteiger charge is 2.18. The van der Waals surface area contributed by atoms with Crippen molar-refractivity contribution in [2.75, 3.05) is 38.1 Å². The van der Waals surface area contributed by atoms with E-state index in [1.54, 1.807) is 6.07 Å². The quantitative estimate of drug-likeness (QED) is 0.861. The highest BCUT2D eigenvalue weighted by molar-refractivity contribution is 5.38. The van der Waals surface area contributed by atoms with Gasteiger partial charge in [0, 0.05) is 19.6 Å². The number of pyridine rings is 1. The Morgan fingerprint density at radius 3 is 3.28 bits per heavy atom. The maximum atomic E-state index is 8.77. The minimum absolute atomic E-state index is 0.186. The van der Waals surface area contributed by atoms with Crippen LogP contribution in [0.1, 0.15) is 12.6 Å². The number of likely N-dealkylation sites (N-methyl/N-ethyl adjacent to an activating group) is 1. The zero-order valence-electron chi connectivity index (χ0n) is 10.6. The van der Waals surface area contributed by atoms with E-state index in [2.05, 4.69) is 22.1 Å². The van der Waals surface area contributed by atoms with Crippen LogP contribution in [0.25, 0.3) is 0 Å². The number of nitrogens with one attached hydrogen (secondary N) is 1. The Labute approximate surface area is 107 Å². The molecule has 0 aromatic carbocycles. The third kappa shape index (κ3) is 3.42. The predicted molar refractivity (Wildman–Crippen MR) is 69.3 cm³/mol. The highest BCUT2D eigenvalue weighted by Crippen LogP contribution is 2.08. The van der Waals surface area contributed by atoms with Crippen LogP contribution in [-0.4, -0.2) is 48.8 Å². The molecule has 18 heavy (non-hydrogen) atoms. The molecule has 0 radical (unpaired) electrons. The highest BCUT2D eigenvalue weighted by atomic mass is 16.5. The van der Waals surface area contributed by atoms with Crippen LogP contribution in [0.15, 0.2) is 18.2 Å². The molecule has 1 fully saturated rings. The van der Waals surface area contributed by atoms with Crippen molar-refractivity contribution in [1.82, 2.24) is 9.88 Å². The molecule has 2 rings (SSSR count). The molecule has 0 saturated carbocycles. The first-order valence-electron chi connectivity index (χ1n) is 6.27. The number of ether oxygens (including phenoxy) is 1. The second kappa shape index (κ2) is 6.34. The zero-order valence-corrected chi connectivity index (χ0v) is 10.6. The molecule has 1 saturated heterocycles. The van der Waals surface area contributed by atoms with Gasteiger partial charge in [0.15, 0.2) is 0 Å². The molecule has 0 spiro atoms. The van der Waals surface area contributed by atoms with Crippen LogP contribution in [-0.2, 0) is 4.74 Å². The molecule has 2 heterocycles. The van der Waals surface area contributed by atoms with Gasteiger partial charge >= 0.3 is 0 Å². The summed E-state index contributed by atoms with van der Waals surface area (Å²) in [7, 11) is 0. The summed E-state index contributed by atoms with van der Waals surface area (Å²) in [6.07, 6.45) is 0.186. The lowest BCUT2D eigenvalue weighted by molar-refractivity contribution is -0.0192. The third-order valence-corrected chi connectivity index (χ3v) is 3.04. The summed E-state index contributed by atoms with van der Waals surface area (Å²) in [5, 5.41) is 12.0. The molecular formula is C13H18N4O. The van der Waals surface area contributed by atoms with Crippen LogP contribution in [0.3, 0.4) is 0 Å². The third-order valence-electron chi connectivity index (χ3n) is 3.04. The van der Waals surface area contributed by atoms with E-state index in [0.717, 1.165) is 38.6 Å². The lowest BCUT2D eigenvalue weighted by atomic mass is 10.2. The number of nitrogens with zero attached hydrogens (tertiary/aromatic N) is 3. The topological polar surface area (TPSA) is 61.2 Å². The summed E-state index contributed by atoms with van der Waals surface area (Å²) in [4.78, 5) is 6.54. The monoisotopic (exact) mass is 246 g/mol. The van der Waals surface area contributed by atoms with Gasteiger partial charge in [-0.15, -0.1) is 0 Å². The van der Waals surface area contributed by atoms with Crippen molar-refractivity contribution >= 4 is 5.82 Å². The number of hydrogen-bond donors (Lipinski definition) is 1. The second-order valence-corrected chi connectivity index (χ2v) is 4.29. The van der Waals surface area contributed by atoms with Gasteiger partial charge < -0.3 is 10.1 Å². The first-order chi connectivity index (χ1) is 8.81. The minimum Gasteiger partial charge on any atom is -0.374 e. The van der Waals surface area contributed by atoms with Crippen molar-refractivity contribution in [3.63, 3.8) is 0 Å². The van der Waals surface area contributed by atoms with E-state index >= 15 is 0 Å². The molecule has 96 valence electrons. The number of morpholine rings is 1. The maximum Gasteiger partial charge on any atom is 0.142 e. The standard InChI is InChI=1S/C13H18N4O/c1-2-17-6-7-18-12(10-17)9-15-13-5-3-4-11(8-14)16-13/h3-5,12H,2,6-7,9-10H2,1H3,(H,15,16). The summed E-state index contributed by atoms with van der Waals surface area (Å²) >= 11 is 0. The molecule has 1 unspecified atom stereocenters.